The van der Waals surface area contributed by atoms with Crippen LogP contribution in [0.3, 0.4) is 0 Å². The normalized spacial score (nSPS) is 13.6. The molecule has 110 valence electrons. The summed E-state index contributed by atoms with van der Waals surface area (Å²) < 4.78 is 21.3. The van der Waals surface area contributed by atoms with Gasteiger partial charge >= 0.3 is 0 Å². The monoisotopic (exact) mass is 296 g/mol. The fraction of sp³-hybridized carbons (Fsp3) is 0.176. The third-order valence-electron chi connectivity index (χ3n) is 4.05. The molecule has 0 N–H and O–H groups in total. The van der Waals surface area contributed by atoms with E-state index in [1.54, 1.807) is 18.2 Å². The van der Waals surface area contributed by atoms with E-state index in [1.165, 1.54) is 13.2 Å². The van der Waals surface area contributed by atoms with Gasteiger partial charge in [0.2, 0.25) is 0 Å². The summed E-state index contributed by atoms with van der Waals surface area (Å²) in [5.74, 6) is 0.742. The molecule has 0 spiro atoms. The van der Waals surface area contributed by atoms with Crippen LogP contribution in [-0.2, 0) is 6.54 Å². The van der Waals surface area contributed by atoms with Crippen LogP contribution >= 0.6 is 0 Å². The quantitative estimate of drug-likeness (QED) is 0.727. The van der Waals surface area contributed by atoms with E-state index < -0.39 is 0 Å². The predicted molar refractivity (Wildman–Crippen MR) is 80.6 cm³/mol. The maximum absolute atomic E-state index is 14.4. The molecule has 0 saturated carbocycles. The Balaban J connectivity index is 2.00. The van der Waals surface area contributed by atoms with E-state index in [0.29, 0.717) is 35.7 Å². The van der Waals surface area contributed by atoms with Crippen molar-refractivity contribution in [1.29, 1.82) is 0 Å². The summed E-state index contributed by atoms with van der Waals surface area (Å²) in [4.78, 5) is 16.6. The Labute approximate surface area is 126 Å². The van der Waals surface area contributed by atoms with Crippen molar-refractivity contribution in [2.24, 2.45) is 0 Å². The van der Waals surface area contributed by atoms with Gasteiger partial charge in [-0.25, -0.2) is 9.37 Å². The van der Waals surface area contributed by atoms with Crippen LogP contribution in [0.25, 0.3) is 22.4 Å². The summed E-state index contributed by atoms with van der Waals surface area (Å²) in [5.41, 5.74) is 2.59. The number of aryl methyl sites for hydroxylation is 1. The lowest BCUT2D eigenvalue weighted by Crippen LogP contribution is -2.14. The maximum atomic E-state index is 14.4. The number of hydrogen-bond acceptors (Lipinski definition) is 3. The minimum Gasteiger partial charge on any atom is -0.497 e. The number of carbonyl (C=O) groups excluding carboxylic acids is 1. The van der Waals surface area contributed by atoms with Crippen molar-refractivity contribution >= 4 is 16.8 Å². The third kappa shape index (κ3) is 1.75. The first-order valence-electron chi connectivity index (χ1n) is 7.05. The SMILES string of the molecule is COc1ccc(-c2nc3cccc4c3n2CCC4=O)c(F)c1. The lowest BCUT2D eigenvalue weighted by molar-refractivity contribution is 0.0973. The van der Waals surface area contributed by atoms with E-state index >= 15 is 0 Å². The number of nitrogens with zero attached hydrogens (tertiary/aromatic N) is 2. The van der Waals surface area contributed by atoms with Crippen molar-refractivity contribution in [2.45, 2.75) is 13.0 Å². The van der Waals surface area contributed by atoms with Gasteiger partial charge in [-0.05, 0) is 24.3 Å². The van der Waals surface area contributed by atoms with Gasteiger partial charge in [0.25, 0.3) is 0 Å². The summed E-state index contributed by atoms with van der Waals surface area (Å²) >= 11 is 0. The molecule has 0 saturated heterocycles. The van der Waals surface area contributed by atoms with Crippen molar-refractivity contribution in [1.82, 2.24) is 9.55 Å². The maximum Gasteiger partial charge on any atom is 0.166 e. The van der Waals surface area contributed by atoms with Crippen LogP contribution in [0, 0.1) is 5.82 Å². The summed E-state index contributed by atoms with van der Waals surface area (Å²) in [7, 11) is 1.50. The average molecular weight is 296 g/mol. The zero-order chi connectivity index (χ0) is 15.3. The molecule has 1 aliphatic rings. The van der Waals surface area contributed by atoms with Gasteiger partial charge in [0, 0.05) is 24.6 Å². The Morgan fingerprint density at radius 3 is 2.86 bits per heavy atom. The first-order valence-corrected chi connectivity index (χ1v) is 7.05. The third-order valence-corrected chi connectivity index (χ3v) is 4.05. The molecule has 0 amide bonds. The molecule has 2 aromatic carbocycles. The van der Waals surface area contributed by atoms with E-state index in [4.69, 9.17) is 4.74 Å². The lowest BCUT2D eigenvalue weighted by atomic mass is 10.0. The van der Waals surface area contributed by atoms with Gasteiger partial charge in [-0.3, -0.25) is 4.79 Å². The van der Waals surface area contributed by atoms with Gasteiger partial charge in [0.1, 0.15) is 17.4 Å². The van der Waals surface area contributed by atoms with Crippen LogP contribution < -0.4 is 4.74 Å². The number of para-hydroxylation sites is 1. The molecule has 0 bridgehead atoms. The fourth-order valence-corrected chi connectivity index (χ4v) is 2.99. The molecular formula is C17H13FN2O2. The number of carbonyl (C=O) groups is 1. The van der Waals surface area contributed by atoms with Gasteiger partial charge in [-0.2, -0.15) is 0 Å². The second kappa shape index (κ2) is 4.66. The number of ketones is 1. The average Bonchev–Trinajstić information content (AvgIpc) is 2.90. The summed E-state index contributed by atoms with van der Waals surface area (Å²) in [6, 6.07) is 10.2. The zero-order valence-corrected chi connectivity index (χ0v) is 12.0. The number of halogens is 1. The summed E-state index contributed by atoms with van der Waals surface area (Å²) in [5, 5.41) is 0. The Bertz CT molecular complexity index is 914. The number of methoxy groups -OCH3 is 1. The molecular weight excluding hydrogens is 283 g/mol. The second-order valence-corrected chi connectivity index (χ2v) is 5.28. The summed E-state index contributed by atoms with van der Waals surface area (Å²) in [6.45, 7) is 0.521. The standard InChI is InChI=1S/C17H13FN2O2/c1-22-10-5-6-11(13(18)9-10)17-19-14-4-2-3-12-15(21)7-8-20(17)16(12)14/h2-6,9H,7-8H2,1H3. The lowest BCUT2D eigenvalue weighted by Gasteiger charge is -2.16. The molecule has 4 rings (SSSR count). The van der Waals surface area contributed by atoms with E-state index in [1.807, 2.05) is 16.7 Å². The van der Waals surface area contributed by atoms with Crippen LogP contribution in [0.5, 0.6) is 5.75 Å². The van der Waals surface area contributed by atoms with Crippen molar-refractivity contribution in [2.75, 3.05) is 7.11 Å². The number of Topliss-reactive ketones (excluding diaryl/α,β-unsaturated/α-hetero) is 1. The molecule has 0 aliphatic carbocycles. The van der Waals surface area contributed by atoms with Gasteiger partial charge in [0.15, 0.2) is 5.78 Å². The molecule has 5 heteroatoms. The highest BCUT2D eigenvalue weighted by Gasteiger charge is 2.24. The minimum atomic E-state index is -0.385. The Morgan fingerprint density at radius 1 is 1.23 bits per heavy atom. The number of ether oxygens (including phenoxy) is 1. The van der Waals surface area contributed by atoms with Gasteiger partial charge in [-0.15, -0.1) is 0 Å². The number of imidazole rings is 1. The van der Waals surface area contributed by atoms with Crippen molar-refractivity contribution in [3.8, 4) is 17.1 Å². The molecule has 0 radical (unpaired) electrons. The van der Waals surface area contributed by atoms with E-state index in [2.05, 4.69) is 4.98 Å². The largest absolute Gasteiger partial charge is 0.497 e. The van der Waals surface area contributed by atoms with Crippen molar-refractivity contribution in [3.05, 3.63) is 47.8 Å². The number of rotatable bonds is 2. The Hall–Kier alpha value is -2.69. The first kappa shape index (κ1) is 13.0. The zero-order valence-electron chi connectivity index (χ0n) is 12.0. The second-order valence-electron chi connectivity index (χ2n) is 5.28. The molecule has 0 fully saturated rings. The molecule has 1 aliphatic heterocycles. The van der Waals surface area contributed by atoms with Crippen molar-refractivity contribution in [3.63, 3.8) is 0 Å². The topological polar surface area (TPSA) is 44.1 Å². The highest BCUT2D eigenvalue weighted by atomic mass is 19.1. The molecule has 2 heterocycles. The highest BCUT2D eigenvalue weighted by molar-refractivity contribution is 6.08. The van der Waals surface area contributed by atoms with Gasteiger partial charge in [-0.1, -0.05) is 6.07 Å². The van der Waals surface area contributed by atoms with E-state index in [9.17, 15) is 9.18 Å². The molecule has 4 nitrogen and oxygen atoms in total. The van der Waals surface area contributed by atoms with Crippen molar-refractivity contribution < 1.29 is 13.9 Å². The Morgan fingerprint density at radius 2 is 2.09 bits per heavy atom. The number of hydrogen-bond donors (Lipinski definition) is 0. The van der Waals surface area contributed by atoms with Crippen LogP contribution in [-0.4, -0.2) is 22.4 Å². The minimum absolute atomic E-state index is 0.111. The van der Waals surface area contributed by atoms with Gasteiger partial charge in [0.05, 0.1) is 23.7 Å². The van der Waals surface area contributed by atoms with Crippen LogP contribution in [0.4, 0.5) is 4.39 Å². The number of benzene rings is 2. The molecule has 3 aromatic rings. The van der Waals surface area contributed by atoms with Gasteiger partial charge < -0.3 is 9.30 Å². The van der Waals surface area contributed by atoms with Crippen LogP contribution in [0.15, 0.2) is 36.4 Å². The molecule has 0 unspecified atom stereocenters. The molecule has 1 aromatic heterocycles. The summed E-state index contributed by atoms with van der Waals surface area (Å²) in [6.07, 6.45) is 0.410. The van der Waals surface area contributed by atoms with Crippen LogP contribution in [0.1, 0.15) is 16.8 Å². The highest BCUT2D eigenvalue weighted by Crippen LogP contribution is 2.33. The van der Waals surface area contributed by atoms with Crippen LogP contribution in [0.2, 0.25) is 0 Å². The molecule has 0 atom stereocenters. The predicted octanol–water partition coefficient (Wildman–Crippen LogP) is 3.44. The van der Waals surface area contributed by atoms with E-state index in [-0.39, 0.29) is 11.6 Å². The number of aromatic nitrogens is 2. The first-order chi connectivity index (χ1) is 10.7. The fourth-order valence-electron chi connectivity index (χ4n) is 2.99. The smallest absolute Gasteiger partial charge is 0.166 e. The van der Waals surface area contributed by atoms with E-state index in [0.717, 1.165) is 11.0 Å². The Kier molecular flexibility index (Phi) is 2.76. The molecule has 22 heavy (non-hydrogen) atoms.